The van der Waals surface area contributed by atoms with Crippen molar-refractivity contribution in [3.8, 4) is 0 Å². The first kappa shape index (κ1) is 15.3. The van der Waals surface area contributed by atoms with Crippen molar-refractivity contribution in [1.29, 1.82) is 0 Å². The first-order valence-electron chi connectivity index (χ1n) is 9.33. The van der Waals surface area contributed by atoms with Gasteiger partial charge in [0, 0.05) is 12.5 Å². The quantitative estimate of drug-likeness (QED) is 0.915. The fraction of sp³-hybridized carbons (Fsp3) is 0.737. The van der Waals surface area contributed by atoms with Gasteiger partial charge in [-0.15, -0.1) is 0 Å². The van der Waals surface area contributed by atoms with Gasteiger partial charge in [0.05, 0.1) is 5.54 Å². The Bertz CT molecular complexity index is 588. The highest BCUT2D eigenvalue weighted by Gasteiger charge is 2.52. The lowest BCUT2D eigenvalue weighted by Gasteiger charge is -2.31. The second-order valence-corrected chi connectivity index (χ2v) is 7.75. The summed E-state index contributed by atoms with van der Waals surface area (Å²) in [6.07, 6.45) is 7.61. The summed E-state index contributed by atoms with van der Waals surface area (Å²) in [6, 6.07) is 4.20. The summed E-state index contributed by atoms with van der Waals surface area (Å²) in [4.78, 5) is 15.1. The molecule has 3 fully saturated rings. The monoisotopic (exact) mass is 316 g/mol. The molecule has 2 heterocycles. The van der Waals surface area contributed by atoms with Crippen LogP contribution in [0.1, 0.15) is 82.4 Å². The van der Waals surface area contributed by atoms with Crippen LogP contribution in [0.2, 0.25) is 0 Å². The Kier molecular flexibility index (Phi) is 3.75. The number of rotatable bonds is 4. The van der Waals surface area contributed by atoms with Crippen LogP contribution in [0.4, 0.5) is 0 Å². The number of carbonyl (C=O) groups excluding carboxylic acids is 1. The van der Waals surface area contributed by atoms with E-state index in [4.69, 9.17) is 4.42 Å². The predicted octanol–water partition coefficient (Wildman–Crippen LogP) is 3.95. The summed E-state index contributed by atoms with van der Waals surface area (Å²) >= 11 is 0. The Balaban J connectivity index is 1.60. The van der Waals surface area contributed by atoms with E-state index < -0.39 is 0 Å². The number of amides is 1. The molecule has 0 bridgehead atoms. The average Bonchev–Trinajstić information content (AvgIpc) is 3.01. The first-order chi connectivity index (χ1) is 11.1. The maximum absolute atomic E-state index is 13.1. The van der Waals surface area contributed by atoms with E-state index in [1.54, 1.807) is 0 Å². The largest absolute Gasteiger partial charge is 0.462 e. The molecule has 23 heavy (non-hydrogen) atoms. The minimum atomic E-state index is -0.335. The number of nitrogens with one attached hydrogen (secondary N) is 1. The standard InChI is InChI=1S/C19H28N2O2/c1-3-11-21-17(16-8-7-15(23-16)14-12-13(14)2)20-19(18(21)22)9-5-4-6-10-19/h7-8,13-14,17,20H,3-6,9-12H2,1-2H3. The van der Waals surface area contributed by atoms with Gasteiger partial charge in [0.1, 0.15) is 17.7 Å². The molecular formula is C19H28N2O2. The van der Waals surface area contributed by atoms with Crippen molar-refractivity contribution < 1.29 is 9.21 Å². The molecule has 2 aliphatic carbocycles. The summed E-state index contributed by atoms with van der Waals surface area (Å²) in [6.45, 7) is 5.20. The fourth-order valence-electron chi connectivity index (χ4n) is 4.44. The highest BCUT2D eigenvalue weighted by atomic mass is 16.3. The lowest BCUT2D eigenvalue weighted by Crippen LogP contribution is -2.48. The van der Waals surface area contributed by atoms with E-state index in [0.29, 0.717) is 11.8 Å². The molecule has 0 radical (unpaired) electrons. The van der Waals surface area contributed by atoms with Crippen LogP contribution in [0.5, 0.6) is 0 Å². The summed E-state index contributed by atoms with van der Waals surface area (Å²) in [5.41, 5.74) is -0.335. The molecule has 4 nitrogen and oxygen atoms in total. The lowest BCUT2D eigenvalue weighted by atomic mass is 9.81. The van der Waals surface area contributed by atoms with Gasteiger partial charge in [-0.25, -0.2) is 0 Å². The zero-order valence-corrected chi connectivity index (χ0v) is 14.3. The van der Waals surface area contributed by atoms with Crippen LogP contribution in [0, 0.1) is 5.92 Å². The molecule has 0 aromatic carbocycles. The smallest absolute Gasteiger partial charge is 0.244 e. The van der Waals surface area contributed by atoms with Crippen molar-refractivity contribution in [1.82, 2.24) is 10.2 Å². The van der Waals surface area contributed by atoms with E-state index in [1.165, 1.54) is 12.8 Å². The molecule has 4 heteroatoms. The van der Waals surface area contributed by atoms with Gasteiger partial charge in [-0.05, 0) is 43.7 Å². The molecule has 1 aliphatic heterocycles. The molecular weight excluding hydrogens is 288 g/mol. The van der Waals surface area contributed by atoms with Crippen molar-refractivity contribution in [3.63, 3.8) is 0 Å². The molecule has 1 N–H and O–H groups in total. The van der Waals surface area contributed by atoms with Gasteiger partial charge in [0.2, 0.25) is 5.91 Å². The zero-order chi connectivity index (χ0) is 16.0. The normalized spacial score (nSPS) is 32.7. The molecule has 1 spiro atoms. The maximum Gasteiger partial charge on any atom is 0.244 e. The molecule has 1 amide bonds. The maximum atomic E-state index is 13.1. The number of furan rings is 1. The van der Waals surface area contributed by atoms with E-state index in [2.05, 4.69) is 31.3 Å². The fourth-order valence-corrected chi connectivity index (χ4v) is 4.44. The summed E-state index contributed by atoms with van der Waals surface area (Å²) in [7, 11) is 0. The minimum Gasteiger partial charge on any atom is -0.462 e. The Morgan fingerprint density at radius 3 is 2.61 bits per heavy atom. The lowest BCUT2D eigenvalue weighted by molar-refractivity contribution is -0.134. The Labute approximate surface area is 138 Å². The molecule has 1 aromatic rings. The molecule has 126 valence electrons. The minimum absolute atomic E-state index is 0.0802. The van der Waals surface area contributed by atoms with Gasteiger partial charge >= 0.3 is 0 Å². The van der Waals surface area contributed by atoms with Crippen LogP contribution in [0.15, 0.2) is 16.5 Å². The van der Waals surface area contributed by atoms with Crippen LogP contribution < -0.4 is 5.32 Å². The number of carbonyl (C=O) groups is 1. The van der Waals surface area contributed by atoms with Crippen molar-refractivity contribution in [3.05, 3.63) is 23.7 Å². The molecule has 3 unspecified atom stereocenters. The van der Waals surface area contributed by atoms with E-state index in [-0.39, 0.29) is 11.7 Å². The van der Waals surface area contributed by atoms with Crippen molar-refractivity contribution >= 4 is 5.91 Å². The molecule has 4 rings (SSSR count). The van der Waals surface area contributed by atoms with Crippen LogP contribution in [-0.2, 0) is 4.79 Å². The van der Waals surface area contributed by atoms with Crippen molar-refractivity contribution in [2.45, 2.75) is 76.4 Å². The van der Waals surface area contributed by atoms with Gasteiger partial charge in [0.25, 0.3) is 0 Å². The molecule has 3 atom stereocenters. The second kappa shape index (κ2) is 5.66. The van der Waals surface area contributed by atoms with Crippen molar-refractivity contribution in [2.75, 3.05) is 6.54 Å². The zero-order valence-electron chi connectivity index (χ0n) is 14.3. The topological polar surface area (TPSA) is 45.5 Å². The van der Waals surface area contributed by atoms with Gasteiger partial charge in [-0.2, -0.15) is 0 Å². The highest BCUT2D eigenvalue weighted by Crippen LogP contribution is 2.48. The number of hydrogen-bond donors (Lipinski definition) is 1. The third kappa shape index (κ3) is 2.51. The van der Waals surface area contributed by atoms with Crippen LogP contribution in [0.25, 0.3) is 0 Å². The molecule has 2 saturated carbocycles. The van der Waals surface area contributed by atoms with Crippen LogP contribution in [0.3, 0.4) is 0 Å². The summed E-state index contributed by atoms with van der Waals surface area (Å²) in [5.74, 6) is 3.64. The molecule has 1 aromatic heterocycles. The Morgan fingerprint density at radius 2 is 1.96 bits per heavy atom. The summed E-state index contributed by atoms with van der Waals surface area (Å²) < 4.78 is 6.16. The third-order valence-corrected chi connectivity index (χ3v) is 5.96. The van der Waals surface area contributed by atoms with E-state index in [0.717, 1.165) is 56.1 Å². The van der Waals surface area contributed by atoms with Crippen LogP contribution >= 0.6 is 0 Å². The van der Waals surface area contributed by atoms with Crippen LogP contribution in [-0.4, -0.2) is 22.9 Å². The average molecular weight is 316 g/mol. The van der Waals surface area contributed by atoms with Gasteiger partial charge in [-0.3, -0.25) is 10.1 Å². The van der Waals surface area contributed by atoms with E-state index in [9.17, 15) is 4.79 Å². The van der Waals surface area contributed by atoms with E-state index in [1.807, 2.05) is 4.90 Å². The van der Waals surface area contributed by atoms with Gasteiger partial charge in [-0.1, -0.05) is 33.1 Å². The van der Waals surface area contributed by atoms with E-state index >= 15 is 0 Å². The molecule has 1 saturated heterocycles. The predicted molar refractivity (Wildman–Crippen MR) is 88.9 cm³/mol. The highest BCUT2D eigenvalue weighted by molar-refractivity contribution is 5.89. The Hall–Kier alpha value is -1.29. The molecule has 3 aliphatic rings. The SMILES string of the molecule is CCCN1C(=O)C2(CCCCC2)NC1c1ccc(C2CC2C)o1. The first-order valence-corrected chi connectivity index (χ1v) is 9.33. The summed E-state index contributed by atoms with van der Waals surface area (Å²) in [5, 5.41) is 3.67. The Morgan fingerprint density at radius 1 is 1.26 bits per heavy atom. The number of nitrogens with zero attached hydrogens (tertiary/aromatic N) is 1. The van der Waals surface area contributed by atoms with Gasteiger partial charge < -0.3 is 9.32 Å². The van der Waals surface area contributed by atoms with Crippen molar-refractivity contribution in [2.24, 2.45) is 5.92 Å². The van der Waals surface area contributed by atoms with Gasteiger partial charge in [0.15, 0.2) is 0 Å². The second-order valence-electron chi connectivity index (χ2n) is 7.75. The third-order valence-electron chi connectivity index (χ3n) is 5.96. The number of hydrogen-bond acceptors (Lipinski definition) is 3.